The molecular formula is C76H130O6. The molecule has 0 spiro atoms. The molecule has 0 radical (unpaired) electrons. The maximum absolute atomic E-state index is 12.9. The van der Waals surface area contributed by atoms with Crippen molar-refractivity contribution in [3.63, 3.8) is 0 Å². The Morgan fingerprint density at radius 1 is 0.256 bits per heavy atom. The summed E-state index contributed by atoms with van der Waals surface area (Å²) in [7, 11) is 0. The molecule has 0 aliphatic heterocycles. The highest BCUT2D eigenvalue weighted by atomic mass is 16.6. The molecule has 0 bridgehead atoms. The van der Waals surface area contributed by atoms with Crippen LogP contribution in [0, 0.1) is 0 Å². The number of carbonyl (C=O) groups is 3. The van der Waals surface area contributed by atoms with Crippen molar-refractivity contribution < 1.29 is 28.6 Å². The van der Waals surface area contributed by atoms with Crippen LogP contribution in [0.5, 0.6) is 0 Å². The number of rotatable bonds is 63. The predicted octanol–water partition coefficient (Wildman–Crippen LogP) is 24.2. The molecule has 470 valence electrons. The summed E-state index contributed by atoms with van der Waals surface area (Å²) in [6.07, 6.45) is 95.3. The Morgan fingerprint density at radius 3 is 0.756 bits per heavy atom. The van der Waals surface area contributed by atoms with Crippen molar-refractivity contribution in [3.05, 3.63) is 109 Å². The van der Waals surface area contributed by atoms with E-state index in [0.717, 1.165) is 122 Å². The number of hydrogen-bond donors (Lipinski definition) is 0. The van der Waals surface area contributed by atoms with Crippen molar-refractivity contribution in [2.45, 2.75) is 341 Å². The summed E-state index contributed by atoms with van der Waals surface area (Å²) in [6.45, 7) is 6.54. The van der Waals surface area contributed by atoms with Crippen LogP contribution in [0.1, 0.15) is 335 Å². The zero-order valence-electron chi connectivity index (χ0n) is 54.0. The van der Waals surface area contributed by atoms with Gasteiger partial charge in [-0.05, 0) is 109 Å². The molecule has 1 atom stereocenters. The number of unbranched alkanes of at least 4 members (excludes halogenated alkanes) is 34. The van der Waals surface area contributed by atoms with Gasteiger partial charge in [-0.2, -0.15) is 0 Å². The topological polar surface area (TPSA) is 78.9 Å². The van der Waals surface area contributed by atoms with Crippen LogP contribution in [-0.4, -0.2) is 37.2 Å². The minimum Gasteiger partial charge on any atom is -0.462 e. The second-order valence-corrected chi connectivity index (χ2v) is 23.1. The van der Waals surface area contributed by atoms with Gasteiger partial charge in [-0.1, -0.05) is 316 Å². The molecule has 0 saturated carbocycles. The van der Waals surface area contributed by atoms with Gasteiger partial charge >= 0.3 is 17.9 Å². The lowest BCUT2D eigenvalue weighted by Crippen LogP contribution is -2.30. The smallest absolute Gasteiger partial charge is 0.306 e. The number of ether oxygens (including phenoxy) is 3. The normalized spacial score (nSPS) is 12.8. The Bertz CT molecular complexity index is 1640. The van der Waals surface area contributed by atoms with Gasteiger partial charge in [0.05, 0.1) is 0 Å². The molecule has 0 aliphatic rings. The van der Waals surface area contributed by atoms with Crippen molar-refractivity contribution in [2.75, 3.05) is 13.2 Å². The van der Waals surface area contributed by atoms with Gasteiger partial charge in [-0.3, -0.25) is 14.4 Å². The molecule has 0 N–H and O–H groups in total. The van der Waals surface area contributed by atoms with E-state index < -0.39 is 6.10 Å². The average Bonchev–Trinajstić information content (AvgIpc) is 3.47. The Hall–Kier alpha value is -3.93. The summed E-state index contributed by atoms with van der Waals surface area (Å²) in [4.78, 5) is 38.4. The molecule has 0 heterocycles. The molecule has 0 rings (SSSR count). The number of allylic oxidation sites excluding steroid dienone is 18. The highest BCUT2D eigenvalue weighted by Gasteiger charge is 2.19. The molecule has 0 amide bonds. The lowest BCUT2D eigenvalue weighted by Gasteiger charge is -2.18. The first-order valence-electron chi connectivity index (χ1n) is 34.9. The van der Waals surface area contributed by atoms with Crippen LogP contribution in [0.25, 0.3) is 0 Å². The van der Waals surface area contributed by atoms with Gasteiger partial charge in [0.15, 0.2) is 6.10 Å². The minimum absolute atomic E-state index is 0.0807. The van der Waals surface area contributed by atoms with Crippen molar-refractivity contribution in [3.8, 4) is 0 Å². The lowest BCUT2D eigenvalue weighted by molar-refractivity contribution is -0.167. The Balaban J connectivity index is 4.31. The van der Waals surface area contributed by atoms with Crippen molar-refractivity contribution in [1.82, 2.24) is 0 Å². The monoisotopic (exact) mass is 1140 g/mol. The molecule has 6 nitrogen and oxygen atoms in total. The zero-order valence-corrected chi connectivity index (χ0v) is 54.0. The van der Waals surface area contributed by atoms with Gasteiger partial charge in [0.1, 0.15) is 13.2 Å². The minimum atomic E-state index is -0.786. The highest BCUT2D eigenvalue weighted by Crippen LogP contribution is 2.17. The molecule has 0 aromatic carbocycles. The van der Waals surface area contributed by atoms with Crippen LogP contribution in [0.4, 0.5) is 0 Å². The van der Waals surface area contributed by atoms with Crippen LogP contribution in [-0.2, 0) is 28.6 Å². The van der Waals surface area contributed by atoms with Gasteiger partial charge in [0, 0.05) is 19.3 Å². The Labute approximate surface area is 508 Å². The van der Waals surface area contributed by atoms with E-state index in [4.69, 9.17) is 14.2 Å². The van der Waals surface area contributed by atoms with E-state index in [1.165, 1.54) is 173 Å². The summed E-state index contributed by atoms with van der Waals surface area (Å²) >= 11 is 0. The summed E-state index contributed by atoms with van der Waals surface area (Å²) < 4.78 is 17.0. The summed E-state index contributed by atoms with van der Waals surface area (Å²) in [5, 5.41) is 0. The molecule has 0 aliphatic carbocycles. The second kappa shape index (κ2) is 69.6. The molecule has 1 unspecified atom stereocenters. The van der Waals surface area contributed by atoms with Gasteiger partial charge in [-0.15, -0.1) is 0 Å². The standard InChI is InChI=1S/C76H130O6/c1-4-7-10-13-16-19-22-25-27-29-31-33-34-35-36-37-38-39-40-41-42-44-45-47-49-51-54-57-60-63-66-69-75(78)81-72-73(71-80-74(77)68-65-62-59-56-53-24-21-18-15-12-9-6-3)82-76(79)70-67-64-61-58-55-52-50-48-46-43-32-30-28-26-23-20-17-14-11-8-5-2/h7,10,16,19,25,27,30-33,35-36,38-39,41-42,45,47,73H,4-6,8-9,11-15,17-18,20-24,26,28-29,34,37,40,43-44,46,48-72H2,1-3H3/b10-7-,19-16-,27-25-,32-30-,33-31-,36-35-,39-38-,42-41-,47-45-. The van der Waals surface area contributed by atoms with Crippen LogP contribution < -0.4 is 0 Å². The zero-order chi connectivity index (χ0) is 59.2. The number of hydrogen-bond acceptors (Lipinski definition) is 6. The first-order valence-corrected chi connectivity index (χ1v) is 34.9. The summed E-state index contributed by atoms with van der Waals surface area (Å²) in [5.74, 6) is -0.885. The summed E-state index contributed by atoms with van der Waals surface area (Å²) in [6, 6.07) is 0. The third kappa shape index (κ3) is 66.9. The van der Waals surface area contributed by atoms with E-state index in [2.05, 4.69) is 130 Å². The maximum Gasteiger partial charge on any atom is 0.306 e. The largest absolute Gasteiger partial charge is 0.462 e. The first-order chi connectivity index (χ1) is 40.5. The van der Waals surface area contributed by atoms with E-state index in [0.29, 0.717) is 19.3 Å². The SMILES string of the molecule is CC/C=C\C/C=C\C/C=C\C/C=C\C/C=C\C/C=C\C/C=C\C/C=C\CCCCCCCCC(=O)OCC(COC(=O)CCCCCCCCCCCCCC)OC(=O)CCCCCCCCCCC/C=C\CCCCCCCCCC. The van der Waals surface area contributed by atoms with Gasteiger partial charge in [0.2, 0.25) is 0 Å². The van der Waals surface area contributed by atoms with Crippen molar-refractivity contribution in [1.29, 1.82) is 0 Å². The van der Waals surface area contributed by atoms with Crippen LogP contribution in [0.15, 0.2) is 109 Å². The third-order valence-corrected chi connectivity index (χ3v) is 15.0. The van der Waals surface area contributed by atoms with E-state index in [-0.39, 0.29) is 31.1 Å². The first kappa shape index (κ1) is 78.1. The van der Waals surface area contributed by atoms with Crippen molar-refractivity contribution in [2.24, 2.45) is 0 Å². The average molecular weight is 1140 g/mol. The predicted molar refractivity (Wildman–Crippen MR) is 357 cm³/mol. The fraction of sp³-hybridized carbons (Fsp3) is 0.724. The summed E-state index contributed by atoms with van der Waals surface area (Å²) in [5.41, 5.74) is 0. The van der Waals surface area contributed by atoms with Gasteiger partial charge in [0.25, 0.3) is 0 Å². The van der Waals surface area contributed by atoms with Crippen LogP contribution in [0.3, 0.4) is 0 Å². The molecule has 0 aromatic heterocycles. The van der Waals surface area contributed by atoms with Gasteiger partial charge < -0.3 is 14.2 Å². The van der Waals surface area contributed by atoms with Crippen molar-refractivity contribution >= 4 is 17.9 Å². The van der Waals surface area contributed by atoms with Crippen LogP contribution >= 0.6 is 0 Å². The van der Waals surface area contributed by atoms with E-state index in [1.807, 2.05) is 0 Å². The fourth-order valence-electron chi connectivity index (χ4n) is 9.81. The molecule has 82 heavy (non-hydrogen) atoms. The molecule has 6 heteroatoms. The number of esters is 3. The van der Waals surface area contributed by atoms with E-state index in [9.17, 15) is 14.4 Å². The lowest BCUT2D eigenvalue weighted by atomic mass is 10.0. The molecule has 0 saturated heterocycles. The van der Waals surface area contributed by atoms with Crippen LogP contribution in [0.2, 0.25) is 0 Å². The number of carbonyl (C=O) groups excluding carboxylic acids is 3. The highest BCUT2D eigenvalue weighted by molar-refractivity contribution is 5.71. The van der Waals surface area contributed by atoms with Gasteiger partial charge in [-0.25, -0.2) is 0 Å². The Morgan fingerprint density at radius 2 is 0.476 bits per heavy atom. The second-order valence-electron chi connectivity index (χ2n) is 23.1. The maximum atomic E-state index is 12.9. The van der Waals surface area contributed by atoms with E-state index >= 15 is 0 Å². The quantitative estimate of drug-likeness (QED) is 0.0261. The Kier molecular flexibility index (Phi) is 66.2. The molecule has 0 fully saturated rings. The third-order valence-electron chi connectivity index (χ3n) is 15.0. The fourth-order valence-corrected chi connectivity index (χ4v) is 9.81. The molecular weight excluding hydrogens is 1010 g/mol. The van der Waals surface area contributed by atoms with E-state index in [1.54, 1.807) is 0 Å². The molecule has 0 aromatic rings.